The van der Waals surface area contributed by atoms with Crippen LogP contribution in [-0.4, -0.2) is 27.2 Å². The van der Waals surface area contributed by atoms with Crippen molar-refractivity contribution in [2.45, 2.75) is 26.3 Å². The number of nitrogens with one attached hydrogen (secondary N) is 2. The van der Waals surface area contributed by atoms with Crippen LogP contribution in [0.25, 0.3) is 0 Å². The Morgan fingerprint density at radius 1 is 1.35 bits per heavy atom. The summed E-state index contributed by atoms with van der Waals surface area (Å²) >= 11 is 0. The smallest absolute Gasteiger partial charge is 0.292 e. The van der Waals surface area contributed by atoms with Crippen LogP contribution in [0.3, 0.4) is 0 Å². The summed E-state index contributed by atoms with van der Waals surface area (Å²) in [5, 5.41) is 20.7. The topological polar surface area (TPSA) is 102 Å². The van der Waals surface area contributed by atoms with Gasteiger partial charge in [0.15, 0.2) is 0 Å². The van der Waals surface area contributed by atoms with E-state index in [0.29, 0.717) is 18.1 Å². The highest BCUT2D eigenvalue weighted by Gasteiger charge is 2.13. The zero-order valence-electron chi connectivity index (χ0n) is 13.0. The van der Waals surface area contributed by atoms with E-state index in [0.717, 1.165) is 0 Å². The molecule has 23 heavy (non-hydrogen) atoms. The van der Waals surface area contributed by atoms with E-state index in [9.17, 15) is 14.9 Å². The molecule has 0 saturated carbocycles. The van der Waals surface area contributed by atoms with Crippen LogP contribution in [0.2, 0.25) is 0 Å². The van der Waals surface area contributed by atoms with Crippen LogP contribution in [0.5, 0.6) is 0 Å². The average Bonchev–Trinajstić information content (AvgIpc) is 2.95. The molecule has 0 aliphatic rings. The Morgan fingerprint density at radius 2 is 2.09 bits per heavy atom. The van der Waals surface area contributed by atoms with Crippen molar-refractivity contribution in [1.82, 2.24) is 9.78 Å². The van der Waals surface area contributed by atoms with Gasteiger partial charge in [-0.2, -0.15) is 5.10 Å². The first-order valence-electron chi connectivity index (χ1n) is 7.29. The number of nitrogens with zero attached hydrogens (tertiary/aromatic N) is 3. The maximum absolute atomic E-state index is 12.0. The van der Waals surface area contributed by atoms with E-state index in [1.165, 1.54) is 6.07 Å². The molecular formula is C15H19N5O3. The number of carbonyl (C=O) groups excluding carboxylic acids is 1. The number of nitro benzene ring substituents is 1. The van der Waals surface area contributed by atoms with Crippen molar-refractivity contribution in [3.63, 3.8) is 0 Å². The van der Waals surface area contributed by atoms with Crippen molar-refractivity contribution in [1.29, 1.82) is 0 Å². The van der Waals surface area contributed by atoms with Gasteiger partial charge >= 0.3 is 0 Å². The zero-order chi connectivity index (χ0) is 16.8. The van der Waals surface area contributed by atoms with Crippen LogP contribution in [0, 0.1) is 10.1 Å². The van der Waals surface area contributed by atoms with Crippen molar-refractivity contribution < 1.29 is 9.72 Å². The maximum Gasteiger partial charge on any atom is 0.292 e. The molecule has 1 amide bonds. The van der Waals surface area contributed by atoms with Gasteiger partial charge in [0.2, 0.25) is 5.91 Å². The third-order valence-electron chi connectivity index (χ3n) is 3.20. The Kier molecular flexibility index (Phi) is 5.29. The van der Waals surface area contributed by atoms with Gasteiger partial charge in [-0.1, -0.05) is 12.1 Å². The standard InChI is InChI=1S/C15H19N5O3/c1-11(2)19-14(7-10-17-19)18-15(21)8-9-16-12-5-3-4-6-13(12)20(22)23/h3-7,10-11,16H,8-9H2,1-2H3,(H,18,21). The lowest BCUT2D eigenvalue weighted by molar-refractivity contribution is -0.384. The van der Waals surface area contributed by atoms with Crippen molar-refractivity contribution in [3.05, 3.63) is 46.6 Å². The molecule has 0 radical (unpaired) electrons. The minimum atomic E-state index is -0.455. The predicted molar refractivity (Wildman–Crippen MR) is 87.4 cm³/mol. The average molecular weight is 317 g/mol. The molecule has 2 aromatic rings. The van der Waals surface area contributed by atoms with Crippen molar-refractivity contribution in [2.75, 3.05) is 17.2 Å². The first kappa shape index (κ1) is 16.5. The number of hydrogen-bond acceptors (Lipinski definition) is 5. The van der Waals surface area contributed by atoms with Gasteiger partial charge in [-0.15, -0.1) is 0 Å². The molecule has 8 heteroatoms. The molecular weight excluding hydrogens is 298 g/mol. The van der Waals surface area contributed by atoms with Crippen molar-refractivity contribution in [2.24, 2.45) is 0 Å². The summed E-state index contributed by atoms with van der Waals surface area (Å²) in [4.78, 5) is 22.4. The summed E-state index contributed by atoms with van der Waals surface area (Å²) < 4.78 is 1.72. The fraction of sp³-hybridized carbons (Fsp3) is 0.333. The molecule has 1 aromatic carbocycles. The van der Waals surface area contributed by atoms with Crippen LogP contribution >= 0.6 is 0 Å². The van der Waals surface area contributed by atoms with E-state index in [1.54, 1.807) is 35.1 Å². The van der Waals surface area contributed by atoms with Crippen LogP contribution < -0.4 is 10.6 Å². The van der Waals surface area contributed by atoms with Gasteiger partial charge in [0.05, 0.1) is 11.1 Å². The molecule has 0 bridgehead atoms. The number of para-hydroxylation sites is 2. The van der Waals surface area contributed by atoms with E-state index in [-0.39, 0.29) is 24.1 Å². The molecule has 122 valence electrons. The Bertz CT molecular complexity index is 696. The minimum absolute atomic E-state index is 0.00853. The predicted octanol–water partition coefficient (Wildman–Crippen LogP) is 2.81. The Morgan fingerprint density at radius 3 is 2.78 bits per heavy atom. The molecule has 1 aromatic heterocycles. The highest BCUT2D eigenvalue weighted by molar-refractivity contribution is 5.90. The molecule has 0 aliphatic heterocycles. The summed E-state index contributed by atoms with van der Waals surface area (Å²) in [6.07, 6.45) is 1.82. The number of nitro groups is 1. The van der Waals surface area contributed by atoms with E-state index in [1.807, 2.05) is 13.8 Å². The van der Waals surface area contributed by atoms with Crippen LogP contribution in [0.1, 0.15) is 26.3 Å². The lowest BCUT2D eigenvalue weighted by atomic mass is 10.2. The fourth-order valence-electron chi connectivity index (χ4n) is 2.12. The van der Waals surface area contributed by atoms with Gasteiger partial charge in [-0.05, 0) is 19.9 Å². The van der Waals surface area contributed by atoms with E-state index in [2.05, 4.69) is 15.7 Å². The van der Waals surface area contributed by atoms with Crippen LogP contribution in [0.4, 0.5) is 17.2 Å². The molecule has 0 saturated heterocycles. The molecule has 2 rings (SSSR count). The monoisotopic (exact) mass is 317 g/mol. The number of hydrogen-bond donors (Lipinski definition) is 2. The molecule has 0 spiro atoms. The van der Waals surface area contributed by atoms with E-state index in [4.69, 9.17) is 0 Å². The van der Waals surface area contributed by atoms with Crippen molar-refractivity contribution >= 4 is 23.1 Å². The third kappa shape index (κ3) is 4.29. The summed E-state index contributed by atoms with van der Waals surface area (Å²) in [6, 6.07) is 8.21. The van der Waals surface area contributed by atoms with Crippen LogP contribution in [-0.2, 0) is 4.79 Å². The fourth-order valence-corrected chi connectivity index (χ4v) is 2.12. The Labute approximate surface area is 133 Å². The largest absolute Gasteiger partial charge is 0.379 e. The summed E-state index contributed by atoms with van der Waals surface area (Å²) in [6.45, 7) is 4.24. The highest BCUT2D eigenvalue weighted by Crippen LogP contribution is 2.23. The number of carbonyl (C=O) groups is 1. The molecule has 0 atom stereocenters. The lowest BCUT2D eigenvalue weighted by Gasteiger charge is -2.12. The summed E-state index contributed by atoms with van der Waals surface area (Å²) in [7, 11) is 0. The van der Waals surface area contributed by atoms with Gasteiger partial charge in [-0.25, -0.2) is 4.68 Å². The van der Waals surface area contributed by atoms with Gasteiger partial charge in [0, 0.05) is 31.1 Å². The quantitative estimate of drug-likeness (QED) is 0.604. The maximum atomic E-state index is 12.0. The number of aromatic nitrogens is 2. The number of rotatable bonds is 7. The van der Waals surface area contributed by atoms with Gasteiger partial charge in [0.1, 0.15) is 11.5 Å². The molecule has 0 aliphatic carbocycles. The summed E-state index contributed by atoms with van der Waals surface area (Å²) in [5.41, 5.74) is 0.392. The Hall–Kier alpha value is -2.90. The molecule has 2 N–H and O–H groups in total. The zero-order valence-corrected chi connectivity index (χ0v) is 13.0. The molecule has 8 nitrogen and oxygen atoms in total. The lowest BCUT2D eigenvalue weighted by Crippen LogP contribution is -2.19. The van der Waals surface area contributed by atoms with Gasteiger partial charge in [0.25, 0.3) is 5.69 Å². The van der Waals surface area contributed by atoms with E-state index < -0.39 is 4.92 Å². The Balaban J connectivity index is 1.88. The minimum Gasteiger partial charge on any atom is -0.379 e. The molecule has 0 fully saturated rings. The number of benzene rings is 1. The first-order chi connectivity index (χ1) is 11.0. The second-order valence-electron chi connectivity index (χ2n) is 5.25. The number of amides is 1. The number of anilines is 2. The highest BCUT2D eigenvalue weighted by atomic mass is 16.6. The SMILES string of the molecule is CC(C)n1nccc1NC(=O)CCNc1ccccc1[N+](=O)[O-]. The normalized spacial score (nSPS) is 10.6. The van der Waals surface area contributed by atoms with Gasteiger partial charge < -0.3 is 10.6 Å². The van der Waals surface area contributed by atoms with Crippen molar-refractivity contribution in [3.8, 4) is 0 Å². The van der Waals surface area contributed by atoms with Gasteiger partial charge in [-0.3, -0.25) is 14.9 Å². The van der Waals surface area contributed by atoms with Crippen LogP contribution in [0.15, 0.2) is 36.5 Å². The first-order valence-corrected chi connectivity index (χ1v) is 7.29. The summed E-state index contributed by atoms with van der Waals surface area (Å²) in [5.74, 6) is 0.453. The third-order valence-corrected chi connectivity index (χ3v) is 3.20. The second-order valence-corrected chi connectivity index (χ2v) is 5.25. The van der Waals surface area contributed by atoms with E-state index >= 15 is 0 Å². The molecule has 0 unspecified atom stereocenters. The second kappa shape index (κ2) is 7.39. The molecule has 1 heterocycles.